The Bertz CT molecular complexity index is 590. The van der Waals surface area contributed by atoms with Gasteiger partial charge in [0.25, 0.3) is 5.56 Å². The summed E-state index contributed by atoms with van der Waals surface area (Å²) in [6.45, 7) is -0.152. The number of halogens is 1. The van der Waals surface area contributed by atoms with E-state index in [1.54, 1.807) is 30.3 Å². The van der Waals surface area contributed by atoms with E-state index in [1.165, 1.54) is 0 Å². The molecule has 2 rings (SSSR count). The monoisotopic (exact) mass is 231 g/mol. The smallest absolute Gasteiger partial charge is 0.251 e. The first-order valence-corrected chi connectivity index (χ1v) is 5.11. The maximum Gasteiger partial charge on any atom is 0.251 e. The molecule has 0 aliphatic rings. The summed E-state index contributed by atoms with van der Waals surface area (Å²) in [5.41, 5.74) is 0.111. The lowest BCUT2D eigenvalue weighted by atomic mass is 10.1. The molecule has 1 heterocycles. The molecule has 17 heavy (non-hydrogen) atoms. The molecule has 0 saturated carbocycles. The first kappa shape index (κ1) is 11.3. The van der Waals surface area contributed by atoms with Crippen molar-refractivity contribution < 1.29 is 9.18 Å². The summed E-state index contributed by atoms with van der Waals surface area (Å²) in [7, 11) is 0. The third-order valence-corrected chi connectivity index (χ3v) is 2.36. The summed E-state index contributed by atoms with van der Waals surface area (Å²) in [6, 6.07) is 10.8. The van der Waals surface area contributed by atoms with E-state index in [0.717, 1.165) is 22.9 Å². The second-order valence-corrected chi connectivity index (χ2v) is 3.60. The summed E-state index contributed by atoms with van der Waals surface area (Å²) in [5.74, 6) is -0.760. The van der Waals surface area contributed by atoms with Crippen molar-refractivity contribution in [2.24, 2.45) is 0 Å². The van der Waals surface area contributed by atoms with Crippen LogP contribution in [-0.2, 0) is 6.54 Å². The molecule has 3 nitrogen and oxygen atoms in total. The van der Waals surface area contributed by atoms with Crippen LogP contribution in [0.4, 0.5) is 4.39 Å². The lowest BCUT2D eigenvalue weighted by Gasteiger charge is -2.04. The molecule has 2 aromatic rings. The average molecular weight is 231 g/mol. The highest BCUT2D eigenvalue weighted by molar-refractivity contribution is 5.95. The Morgan fingerprint density at radius 2 is 1.82 bits per heavy atom. The lowest BCUT2D eigenvalue weighted by Crippen LogP contribution is -2.23. The molecule has 1 aromatic heterocycles. The molecule has 0 bridgehead atoms. The molecule has 86 valence electrons. The first-order valence-electron chi connectivity index (χ1n) is 5.11. The highest BCUT2D eigenvalue weighted by Gasteiger charge is 2.07. The Balaban J connectivity index is 2.25. The molecule has 0 fully saturated rings. The normalized spacial score (nSPS) is 10.2. The zero-order chi connectivity index (χ0) is 12.3. The molecule has 0 amide bonds. The van der Waals surface area contributed by atoms with Gasteiger partial charge in [-0.1, -0.05) is 30.3 Å². The largest absolute Gasteiger partial charge is 0.305 e. The van der Waals surface area contributed by atoms with Crippen LogP contribution in [0.3, 0.4) is 0 Å². The zero-order valence-electron chi connectivity index (χ0n) is 8.97. The fraction of sp³-hybridized carbons (Fsp3) is 0.0769. The number of hydrogen-bond acceptors (Lipinski definition) is 2. The number of benzene rings is 1. The zero-order valence-corrected chi connectivity index (χ0v) is 8.97. The van der Waals surface area contributed by atoms with Crippen LogP contribution in [0.15, 0.2) is 53.5 Å². The fourth-order valence-electron chi connectivity index (χ4n) is 1.50. The van der Waals surface area contributed by atoms with Gasteiger partial charge in [-0.3, -0.25) is 9.59 Å². The first-order chi connectivity index (χ1) is 8.16. The van der Waals surface area contributed by atoms with Crippen LogP contribution in [0.1, 0.15) is 10.4 Å². The maximum absolute atomic E-state index is 12.9. The van der Waals surface area contributed by atoms with Gasteiger partial charge in [0.1, 0.15) is 5.82 Å². The van der Waals surface area contributed by atoms with Crippen LogP contribution in [-0.4, -0.2) is 10.4 Å². The molecule has 0 unspecified atom stereocenters. The fourth-order valence-corrected chi connectivity index (χ4v) is 1.50. The number of rotatable bonds is 3. The van der Waals surface area contributed by atoms with E-state index in [4.69, 9.17) is 0 Å². The van der Waals surface area contributed by atoms with E-state index in [0.29, 0.717) is 5.56 Å². The van der Waals surface area contributed by atoms with Crippen LogP contribution in [0.25, 0.3) is 0 Å². The predicted octanol–water partition coefficient (Wildman–Crippen LogP) is 1.87. The van der Waals surface area contributed by atoms with Crippen molar-refractivity contribution in [1.29, 1.82) is 0 Å². The van der Waals surface area contributed by atoms with Crippen LogP contribution in [0.2, 0.25) is 0 Å². The number of pyridine rings is 1. The van der Waals surface area contributed by atoms with Gasteiger partial charge in [-0.05, 0) is 6.07 Å². The van der Waals surface area contributed by atoms with Gasteiger partial charge < -0.3 is 4.57 Å². The molecule has 0 radical (unpaired) electrons. The number of nitrogens with zero attached hydrogens (tertiary/aromatic N) is 1. The van der Waals surface area contributed by atoms with E-state index in [1.807, 2.05) is 0 Å². The Labute approximate surface area is 97.1 Å². The SMILES string of the molecule is O=C(Cn1cc(F)ccc1=O)c1ccccc1. The molecule has 0 saturated heterocycles. The quantitative estimate of drug-likeness (QED) is 0.756. The van der Waals surface area contributed by atoms with Crippen molar-refractivity contribution in [3.63, 3.8) is 0 Å². The molecule has 0 aliphatic carbocycles. The van der Waals surface area contributed by atoms with E-state index in [9.17, 15) is 14.0 Å². The second-order valence-electron chi connectivity index (χ2n) is 3.60. The lowest BCUT2D eigenvalue weighted by molar-refractivity contribution is 0.0970. The van der Waals surface area contributed by atoms with Gasteiger partial charge in [-0.25, -0.2) is 4.39 Å². The Morgan fingerprint density at radius 1 is 1.12 bits per heavy atom. The minimum Gasteiger partial charge on any atom is -0.305 e. The molecular weight excluding hydrogens is 221 g/mol. The molecule has 4 heteroatoms. The van der Waals surface area contributed by atoms with E-state index in [-0.39, 0.29) is 12.3 Å². The van der Waals surface area contributed by atoms with Gasteiger partial charge in [-0.2, -0.15) is 0 Å². The highest BCUT2D eigenvalue weighted by atomic mass is 19.1. The Morgan fingerprint density at radius 3 is 2.53 bits per heavy atom. The van der Waals surface area contributed by atoms with Crippen molar-refractivity contribution in [2.75, 3.05) is 0 Å². The third-order valence-electron chi connectivity index (χ3n) is 2.36. The van der Waals surface area contributed by atoms with E-state index < -0.39 is 11.4 Å². The average Bonchev–Trinajstić information content (AvgIpc) is 2.35. The molecule has 0 spiro atoms. The van der Waals surface area contributed by atoms with Gasteiger partial charge in [0.2, 0.25) is 0 Å². The van der Waals surface area contributed by atoms with E-state index in [2.05, 4.69) is 0 Å². The number of Topliss-reactive ketones (excluding diaryl/α,β-unsaturated/α-hetero) is 1. The molecule has 0 N–H and O–H groups in total. The Hall–Kier alpha value is -2.23. The summed E-state index contributed by atoms with van der Waals surface area (Å²) in [5, 5.41) is 0. The van der Waals surface area contributed by atoms with Crippen LogP contribution < -0.4 is 5.56 Å². The number of ketones is 1. The minimum absolute atomic E-state index is 0.152. The third kappa shape index (κ3) is 2.66. The van der Waals surface area contributed by atoms with Crippen molar-refractivity contribution in [1.82, 2.24) is 4.57 Å². The van der Waals surface area contributed by atoms with Crippen molar-refractivity contribution in [3.05, 3.63) is 70.4 Å². The van der Waals surface area contributed by atoms with Gasteiger partial charge in [-0.15, -0.1) is 0 Å². The molecule has 0 aliphatic heterocycles. The minimum atomic E-state index is -0.537. The maximum atomic E-state index is 12.9. The highest BCUT2D eigenvalue weighted by Crippen LogP contribution is 2.02. The summed E-state index contributed by atoms with van der Waals surface area (Å²) in [6.07, 6.45) is 1.03. The van der Waals surface area contributed by atoms with Crippen molar-refractivity contribution in [2.45, 2.75) is 6.54 Å². The number of hydrogen-bond donors (Lipinski definition) is 0. The topological polar surface area (TPSA) is 39.1 Å². The van der Waals surface area contributed by atoms with Gasteiger partial charge in [0.05, 0.1) is 6.54 Å². The van der Waals surface area contributed by atoms with Crippen molar-refractivity contribution in [3.8, 4) is 0 Å². The summed E-state index contributed by atoms with van der Waals surface area (Å²) >= 11 is 0. The number of carbonyl (C=O) groups excluding carboxylic acids is 1. The molecule has 0 atom stereocenters. The van der Waals surface area contributed by atoms with Gasteiger partial charge in [0.15, 0.2) is 5.78 Å². The van der Waals surface area contributed by atoms with Crippen LogP contribution in [0.5, 0.6) is 0 Å². The standard InChI is InChI=1S/C13H10FNO2/c14-11-6-7-13(17)15(8-11)9-12(16)10-4-2-1-3-5-10/h1-8H,9H2. The van der Waals surface area contributed by atoms with Gasteiger partial charge >= 0.3 is 0 Å². The van der Waals surface area contributed by atoms with Crippen LogP contribution >= 0.6 is 0 Å². The predicted molar refractivity (Wildman–Crippen MR) is 61.4 cm³/mol. The number of aromatic nitrogens is 1. The van der Waals surface area contributed by atoms with E-state index >= 15 is 0 Å². The number of carbonyl (C=O) groups is 1. The van der Waals surface area contributed by atoms with Gasteiger partial charge in [0, 0.05) is 17.8 Å². The molecule has 1 aromatic carbocycles. The summed E-state index contributed by atoms with van der Waals surface area (Å²) < 4.78 is 14.0. The van der Waals surface area contributed by atoms with Crippen LogP contribution in [0, 0.1) is 5.82 Å². The second kappa shape index (κ2) is 4.74. The van der Waals surface area contributed by atoms with Crippen molar-refractivity contribution >= 4 is 5.78 Å². The summed E-state index contributed by atoms with van der Waals surface area (Å²) in [4.78, 5) is 23.2. The molecular formula is C13H10FNO2. The Kier molecular flexibility index (Phi) is 3.14.